The van der Waals surface area contributed by atoms with Crippen molar-refractivity contribution < 1.29 is 14.4 Å². The second-order valence-corrected chi connectivity index (χ2v) is 14.3. The Kier molecular flexibility index (Phi) is 7.24. The van der Waals surface area contributed by atoms with Crippen LogP contribution in [0.2, 0.25) is 0 Å². The van der Waals surface area contributed by atoms with Crippen LogP contribution in [0.4, 0.5) is 0 Å². The topological polar surface area (TPSA) is 98.4 Å². The Morgan fingerprint density at radius 1 is 1.00 bits per heavy atom. The Hall–Kier alpha value is -3.00. The van der Waals surface area contributed by atoms with E-state index in [0.717, 1.165) is 55.8 Å². The van der Waals surface area contributed by atoms with Crippen molar-refractivity contribution >= 4 is 17.7 Å². The van der Waals surface area contributed by atoms with E-state index in [1.807, 2.05) is 6.07 Å². The zero-order chi connectivity index (χ0) is 29.0. The lowest BCUT2D eigenvalue weighted by Gasteiger charge is -2.47. The average molecular weight is 572 g/mol. The molecule has 4 fully saturated rings. The lowest BCUT2D eigenvalue weighted by Crippen LogP contribution is -2.52. The van der Waals surface area contributed by atoms with Gasteiger partial charge in [-0.05, 0) is 111 Å². The monoisotopic (exact) mass is 571 g/mol. The number of benzene rings is 1. The molecular formula is C34H45N5O3. The predicted octanol–water partition coefficient (Wildman–Crippen LogP) is 5.04. The highest BCUT2D eigenvalue weighted by Crippen LogP contribution is 2.51. The molecule has 1 aromatic heterocycles. The molecule has 2 aliphatic carbocycles. The number of imide groups is 1. The summed E-state index contributed by atoms with van der Waals surface area (Å²) in [5.41, 5.74) is 5.69. The van der Waals surface area contributed by atoms with Gasteiger partial charge >= 0.3 is 0 Å². The Bertz CT molecular complexity index is 1360. The van der Waals surface area contributed by atoms with Crippen molar-refractivity contribution in [3.05, 3.63) is 52.3 Å². The number of carbonyl (C=O) groups excluding carboxylic acids is 3. The largest absolute Gasteiger partial charge is 0.322 e. The SMILES string of the molecule is CCC1CC2C[C@@H](C1)CC(C)(c1cc(CN3CCC(c4ccc5c(c4)CN(C4CCC(=O)NC4=O)C5=O)CC3)[nH]n1)C2. The summed E-state index contributed by atoms with van der Waals surface area (Å²) >= 11 is 0. The molecule has 42 heavy (non-hydrogen) atoms. The molecule has 3 amide bonds. The summed E-state index contributed by atoms with van der Waals surface area (Å²) in [5.74, 6) is 2.42. The summed E-state index contributed by atoms with van der Waals surface area (Å²) in [6, 6.07) is 8.03. The molecule has 1 aromatic carbocycles. The van der Waals surface area contributed by atoms with Gasteiger partial charge in [0.05, 0.1) is 5.69 Å². The van der Waals surface area contributed by atoms with Gasteiger partial charge in [0.25, 0.3) is 5.91 Å². The van der Waals surface area contributed by atoms with Gasteiger partial charge in [0.2, 0.25) is 11.8 Å². The quantitative estimate of drug-likeness (QED) is 0.473. The van der Waals surface area contributed by atoms with Crippen molar-refractivity contribution in [3.8, 4) is 0 Å². The van der Waals surface area contributed by atoms with Gasteiger partial charge in [-0.3, -0.25) is 29.7 Å². The summed E-state index contributed by atoms with van der Waals surface area (Å²) in [7, 11) is 0. The smallest absolute Gasteiger partial charge is 0.255 e. The minimum atomic E-state index is -0.564. The number of rotatable bonds is 6. The number of fused-ring (bicyclic) bond motifs is 3. The number of H-pyrrole nitrogens is 1. The van der Waals surface area contributed by atoms with Crippen LogP contribution >= 0.6 is 0 Å². The van der Waals surface area contributed by atoms with Crippen LogP contribution in [0.3, 0.4) is 0 Å². The van der Waals surface area contributed by atoms with Crippen molar-refractivity contribution in [1.29, 1.82) is 0 Å². The summed E-state index contributed by atoms with van der Waals surface area (Å²) in [4.78, 5) is 41.2. The molecule has 2 aromatic rings. The standard InChI is InChI=1S/C34H45N5O3/c1-3-21-12-22-14-23(13-21)18-34(2,17-22)30-16-27(36-37-30)20-38-10-8-24(9-11-38)25-4-5-28-26(15-25)19-39(33(28)42)29-6-7-31(40)35-32(29)41/h4-5,15-16,21-24,29H,3,6-14,17-20H2,1-2H3,(H,36,37)(H,35,40,41)/t21?,22-,23?,29?,34?/m1/s1. The molecule has 5 aliphatic rings. The number of carbonyl (C=O) groups is 3. The van der Waals surface area contributed by atoms with Crippen molar-refractivity contribution in [1.82, 2.24) is 25.3 Å². The lowest BCUT2D eigenvalue weighted by molar-refractivity contribution is -0.136. The van der Waals surface area contributed by atoms with Gasteiger partial charge in [0.15, 0.2) is 0 Å². The highest BCUT2D eigenvalue weighted by atomic mass is 16.2. The van der Waals surface area contributed by atoms with Gasteiger partial charge < -0.3 is 4.90 Å². The second-order valence-electron chi connectivity index (χ2n) is 14.3. The zero-order valence-electron chi connectivity index (χ0n) is 25.2. The molecule has 2 saturated carbocycles. The lowest BCUT2D eigenvalue weighted by atomic mass is 9.58. The molecule has 5 atom stereocenters. The Balaban J connectivity index is 0.944. The fraction of sp³-hybridized carbons (Fsp3) is 0.647. The molecule has 3 aliphatic heterocycles. The highest BCUT2D eigenvalue weighted by Gasteiger charge is 2.44. The maximum Gasteiger partial charge on any atom is 0.255 e. The third-order valence-electron chi connectivity index (χ3n) is 11.3. The first-order valence-corrected chi connectivity index (χ1v) is 16.3. The molecule has 4 unspecified atom stereocenters. The maximum absolute atomic E-state index is 13.1. The highest BCUT2D eigenvalue weighted by molar-refractivity contribution is 6.05. The normalized spacial score (nSPS) is 32.2. The number of amides is 3. The van der Waals surface area contributed by atoms with Crippen LogP contribution in [0.1, 0.15) is 117 Å². The van der Waals surface area contributed by atoms with E-state index in [2.05, 4.69) is 47.4 Å². The minimum absolute atomic E-state index is 0.102. The van der Waals surface area contributed by atoms with Gasteiger partial charge in [-0.1, -0.05) is 32.4 Å². The molecule has 8 heteroatoms. The number of piperidine rings is 2. The fourth-order valence-electron chi connectivity index (χ4n) is 9.20. The van der Waals surface area contributed by atoms with Crippen LogP contribution in [0.25, 0.3) is 0 Å². The first kappa shape index (κ1) is 27.8. The van der Waals surface area contributed by atoms with Crippen LogP contribution < -0.4 is 5.32 Å². The van der Waals surface area contributed by atoms with E-state index in [1.165, 1.54) is 55.5 Å². The molecule has 2 N–H and O–H groups in total. The van der Waals surface area contributed by atoms with E-state index in [0.29, 0.717) is 24.4 Å². The van der Waals surface area contributed by atoms with Gasteiger partial charge in [-0.15, -0.1) is 0 Å². The summed E-state index contributed by atoms with van der Waals surface area (Å²) in [6.45, 7) is 8.25. The molecule has 2 bridgehead atoms. The fourth-order valence-corrected chi connectivity index (χ4v) is 9.20. The van der Waals surface area contributed by atoms with Crippen LogP contribution in [0.5, 0.6) is 0 Å². The van der Waals surface area contributed by atoms with E-state index in [4.69, 9.17) is 5.10 Å². The molecule has 4 heterocycles. The summed E-state index contributed by atoms with van der Waals surface area (Å²) in [5, 5.41) is 10.7. The Morgan fingerprint density at radius 3 is 2.48 bits per heavy atom. The maximum atomic E-state index is 13.1. The van der Waals surface area contributed by atoms with Crippen LogP contribution in [-0.4, -0.2) is 56.9 Å². The van der Waals surface area contributed by atoms with Crippen molar-refractivity contribution in [2.45, 2.75) is 109 Å². The molecule has 0 radical (unpaired) electrons. The van der Waals surface area contributed by atoms with Gasteiger partial charge in [0.1, 0.15) is 6.04 Å². The predicted molar refractivity (Wildman–Crippen MR) is 160 cm³/mol. The van der Waals surface area contributed by atoms with E-state index < -0.39 is 6.04 Å². The van der Waals surface area contributed by atoms with E-state index in [-0.39, 0.29) is 29.6 Å². The van der Waals surface area contributed by atoms with Crippen LogP contribution in [-0.2, 0) is 28.1 Å². The number of nitrogens with zero attached hydrogens (tertiary/aromatic N) is 3. The van der Waals surface area contributed by atoms with Crippen molar-refractivity contribution in [3.63, 3.8) is 0 Å². The van der Waals surface area contributed by atoms with E-state index >= 15 is 0 Å². The number of hydrogen-bond acceptors (Lipinski definition) is 5. The summed E-state index contributed by atoms with van der Waals surface area (Å²) < 4.78 is 0. The Labute approximate surface area is 249 Å². The van der Waals surface area contributed by atoms with Crippen LogP contribution in [0.15, 0.2) is 24.3 Å². The van der Waals surface area contributed by atoms with Crippen molar-refractivity contribution in [2.75, 3.05) is 13.1 Å². The van der Waals surface area contributed by atoms with Crippen molar-refractivity contribution in [2.24, 2.45) is 17.8 Å². The molecule has 2 saturated heterocycles. The molecule has 7 rings (SSSR count). The first-order chi connectivity index (χ1) is 20.3. The van der Waals surface area contributed by atoms with E-state index in [1.54, 1.807) is 4.90 Å². The second kappa shape index (κ2) is 10.9. The number of nitrogens with one attached hydrogen (secondary N) is 2. The van der Waals surface area contributed by atoms with Gasteiger partial charge in [-0.25, -0.2) is 0 Å². The third kappa shape index (κ3) is 5.20. The molecular weight excluding hydrogens is 526 g/mol. The summed E-state index contributed by atoms with van der Waals surface area (Å²) in [6.07, 6.45) is 11.0. The number of aromatic nitrogens is 2. The third-order valence-corrected chi connectivity index (χ3v) is 11.3. The number of likely N-dealkylation sites (tertiary alicyclic amines) is 1. The number of aromatic amines is 1. The Morgan fingerprint density at radius 2 is 1.76 bits per heavy atom. The first-order valence-electron chi connectivity index (χ1n) is 16.3. The van der Waals surface area contributed by atoms with Gasteiger partial charge in [-0.2, -0.15) is 5.10 Å². The molecule has 224 valence electrons. The molecule has 8 nitrogen and oxygen atoms in total. The van der Waals surface area contributed by atoms with Gasteiger partial charge in [0, 0.05) is 36.2 Å². The molecule has 0 spiro atoms. The number of hydrogen-bond donors (Lipinski definition) is 2. The van der Waals surface area contributed by atoms with E-state index in [9.17, 15) is 14.4 Å². The zero-order valence-corrected chi connectivity index (χ0v) is 25.2. The van der Waals surface area contributed by atoms with Crippen LogP contribution in [0, 0.1) is 17.8 Å². The minimum Gasteiger partial charge on any atom is -0.322 e. The average Bonchev–Trinajstić information content (AvgIpc) is 3.57.